The van der Waals surface area contributed by atoms with E-state index in [9.17, 15) is 4.79 Å². The van der Waals surface area contributed by atoms with Gasteiger partial charge in [0.25, 0.3) is 5.56 Å². The minimum absolute atomic E-state index is 0.0236. The van der Waals surface area contributed by atoms with Crippen LogP contribution in [0.3, 0.4) is 0 Å². The number of aromatic nitrogens is 4. The highest BCUT2D eigenvalue weighted by atomic mass is 32.2. The van der Waals surface area contributed by atoms with Gasteiger partial charge in [0.2, 0.25) is 0 Å². The zero-order valence-corrected chi connectivity index (χ0v) is 17.0. The van der Waals surface area contributed by atoms with E-state index in [4.69, 9.17) is 4.98 Å². The lowest BCUT2D eigenvalue weighted by Gasteiger charge is -2.11. The second-order valence-corrected chi connectivity index (χ2v) is 7.70. The third kappa shape index (κ3) is 3.47. The summed E-state index contributed by atoms with van der Waals surface area (Å²) in [4.78, 5) is 17.4. The van der Waals surface area contributed by atoms with Crippen LogP contribution < -0.4 is 5.56 Å². The van der Waals surface area contributed by atoms with Crippen molar-refractivity contribution in [3.8, 4) is 5.69 Å². The molecule has 0 aliphatic heterocycles. The number of hydrogen-bond donors (Lipinski definition) is 0. The zero-order valence-electron chi connectivity index (χ0n) is 16.2. The molecule has 28 heavy (non-hydrogen) atoms. The first-order valence-corrected chi connectivity index (χ1v) is 10.3. The van der Waals surface area contributed by atoms with E-state index in [1.165, 1.54) is 5.56 Å². The fourth-order valence-electron chi connectivity index (χ4n) is 3.31. The van der Waals surface area contributed by atoms with Crippen LogP contribution in [0, 0.1) is 13.8 Å². The fraction of sp³-hybridized carbons (Fsp3) is 0.227. The van der Waals surface area contributed by atoms with E-state index in [0.717, 1.165) is 33.5 Å². The molecule has 0 aliphatic rings. The summed E-state index contributed by atoms with van der Waals surface area (Å²) in [5.41, 5.74) is 5.13. The van der Waals surface area contributed by atoms with Crippen molar-refractivity contribution in [2.45, 2.75) is 38.2 Å². The Hall–Kier alpha value is -2.86. The van der Waals surface area contributed by atoms with E-state index >= 15 is 0 Å². The highest BCUT2D eigenvalue weighted by Gasteiger charge is 2.10. The lowest BCUT2D eigenvalue weighted by Crippen LogP contribution is -2.22. The number of rotatable bonds is 5. The summed E-state index contributed by atoms with van der Waals surface area (Å²) < 4.78 is 3.70. The van der Waals surface area contributed by atoms with Gasteiger partial charge in [-0.1, -0.05) is 36.0 Å². The summed E-state index contributed by atoms with van der Waals surface area (Å²) >= 11 is 1.59. The van der Waals surface area contributed by atoms with Gasteiger partial charge in [0.05, 0.1) is 22.3 Å². The minimum atomic E-state index is 0.0236. The number of hydrogen-bond acceptors (Lipinski definition) is 4. The van der Waals surface area contributed by atoms with Crippen LogP contribution in [0.2, 0.25) is 0 Å². The molecule has 0 saturated heterocycles. The monoisotopic (exact) mass is 390 g/mol. The first-order valence-electron chi connectivity index (χ1n) is 9.32. The molecular formula is C22H22N4OS. The first-order chi connectivity index (χ1) is 13.6. The second-order valence-electron chi connectivity index (χ2n) is 6.75. The molecule has 4 aromatic rings. The van der Waals surface area contributed by atoms with Crippen molar-refractivity contribution in [1.82, 2.24) is 19.3 Å². The Morgan fingerprint density at radius 3 is 2.46 bits per heavy atom. The average molecular weight is 391 g/mol. The topological polar surface area (TPSA) is 52.7 Å². The number of aryl methyl sites for hydroxylation is 2. The SMILES string of the molecule is CCn1c(SCc2ccc(-n3nc(C)cc3C)cc2)nc2ccccc2c1=O. The Bertz CT molecular complexity index is 1190. The van der Waals surface area contributed by atoms with Gasteiger partial charge in [0.15, 0.2) is 5.16 Å². The third-order valence-electron chi connectivity index (χ3n) is 4.70. The molecule has 0 saturated carbocycles. The van der Waals surface area contributed by atoms with Gasteiger partial charge in [0.1, 0.15) is 0 Å². The summed E-state index contributed by atoms with van der Waals surface area (Å²) in [6.45, 7) is 6.64. The molecule has 6 heteroatoms. The van der Waals surface area contributed by atoms with Crippen molar-refractivity contribution in [2.24, 2.45) is 0 Å². The average Bonchev–Trinajstić information content (AvgIpc) is 3.05. The summed E-state index contributed by atoms with van der Waals surface area (Å²) in [6, 6.07) is 18.0. The molecule has 0 amide bonds. The zero-order chi connectivity index (χ0) is 19.7. The molecule has 0 atom stereocenters. The molecule has 0 aliphatic carbocycles. The van der Waals surface area contributed by atoms with Crippen molar-refractivity contribution in [3.63, 3.8) is 0 Å². The number of para-hydroxylation sites is 1. The predicted molar refractivity (Wildman–Crippen MR) is 114 cm³/mol. The molecule has 0 fully saturated rings. The molecule has 2 aromatic carbocycles. The molecule has 2 aromatic heterocycles. The Balaban J connectivity index is 1.58. The Labute approximate surface area is 168 Å². The standard InChI is InChI=1S/C22H22N4OS/c1-4-25-21(27)19-7-5-6-8-20(19)23-22(25)28-14-17-9-11-18(12-10-17)26-16(3)13-15(2)24-26/h5-13H,4,14H2,1-3H3. The van der Waals surface area contributed by atoms with Crippen LogP contribution in [0.4, 0.5) is 0 Å². The number of thioether (sulfide) groups is 1. The number of nitrogens with zero attached hydrogens (tertiary/aromatic N) is 4. The van der Waals surface area contributed by atoms with Gasteiger partial charge in [-0.25, -0.2) is 9.67 Å². The van der Waals surface area contributed by atoms with Crippen LogP contribution in [0.1, 0.15) is 23.9 Å². The summed E-state index contributed by atoms with van der Waals surface area (Å²) in [5, 5.41) is 5.96. The Morgan fingerprint density at radius 2 is 1.79 bits per heavy atom. The van der Waals surface area contributed by atoms with E-state index in [-0.39, 0.29) is 5.56 Å². The van der Waals surface area contributed by atoms with Crippen molar-refractivity contribution in [2.75, 3.05) is 0 Å². The highest BCUT2D eigenvalue weighted by molar-refractivity contribution is 7.98. The van der Waals surface area contributed by atoms with Crippen molar-refractivity contribution in [3.05, 3.63) is 81.9 Å². The largest absolute Gasteiger partial charge is 0.287 e. The number of benzene rings is 2. The summed E-state index contributed by atoms with van der Waals surface area (Å²) in [7, 11) is 0. The van der Waals surface area contributed by atoms with Gasteiger partial charge in [-0.05, 0) is 56.7 Å². The molecular weight excluding hydrogens is 368 g/mol. The molecule has 0 N–H and O–H groups in total. The summed E-state index contributed by atoms with van der Waals surface area (Å²) in [5.74, 6) is 0.752. The molecule has 0 spiro atoms. The van der Waals surface area contributed by atoms with E-state index < -0.39 is 0 Å². The van der Waals surface area contributed by atoms with Crippen LogP contribution in [0.15, 0.2) is 64.5 Å². The van der Waals surface area contributed by atoms with Crippen LogP contribution in [-0.4, -0.2) is 19.3 Å². The van der Waals surface area contributed by atoms with Gasteiger partial charge in [-0.2, -0.15) is 5.10 Å². The highest BCUT2D eigenvalue weighted by Crippen LogP contribution is 2.23. The van der Waals surface area contributed by atoms with Gasteiger partial charge in [0, 0.05) is 18.0 Å². The Morgan fingerprint density at radius 1 is 1.04 bits per heavy atom. The maximum Gasteiger partial charge on any atom is 0.262 e. The maximum absolute atomic E-state index is 12.7. The number of fused-ring (bicyclic) bond motifs is 1. The van der Waals surface area contributed by atoms with Crippen LogP contribution in [0.25, 0.3) is 16.6 Å². The van der Waals surface area contributed by atoms with Gasteiger partial charge in [-0.3, -0.25) is 9.36 Å². The normalized spacial score (nSPS) is 11.2. The van der Waals surface area contributed by atoms with E-state index in [0.29, 0.717) is 11.9 Å². The van der Waals surface area contributed by atoms with Gasteiger partial charge in [-0.15, -0.1) is 0 Å². The van der Waals surface area contributed by atoms with Gasteiger partial charge >= 0.3 is 0 Å². The minimum Gasteiger partial charge on any atom is -0.287 e. The van der Waals surface area contributed by atoms with Gasteiger partial charge < -0.3 is 0 Å². The fourth-order valence-corrected chi connectivity index (χ4v) is 4.33. The lowest BCUT2D eigenvalue weighted by atomic mass is 10.2. The van der Waals surface area contributed by atoms with Crippen LogP contribution in [0.5, 0.6) is 0 Å². The van der Waals surface area contributed by atoms with Crippen LogP contribution in [-0.2, 0) is 12.3 Å². The third-order valence-corrected chi connectivity index (χ3v) is 5.75. The van der Waals surface area contributed by atoms with Crippen molar-refractivity contribution in [1.29, 1.82) is 0 Å². The predicted octanol–water partition coefficient (Wildman–Crippen LogP) is 4.51. The van der Waals surface area contributed by atoms with Crippen molar-refractivity contribution >= 4 is 22.7 Å². The Kier molecular flexibility index (Phi) is 5.05. The van der Waals surface area contributed by atoms with E-state index in [1.54, 1.807) is 16.3 Å². The van der Waals surface area contributed by atoms with E-state index in [2.05, 4.69) is 42.4 Å². The summed E-state index contributed by atoms with van der Waals surface area (Å²) in [6.07, 6.45) is 0. The molecule has 5 nitrogen and oxygen atoms in total. The smallest absolute Gasteiger partial charge is 0.262 e. The lowest BCUT2D eigenvalue weighted by molar-refractivity contribution is 0.634. The molecule has 0 bridgehead atoms. The maximum atomic E-state index is 12.7. The van der Waals surface area contributed by atoms with E-state index in [1.807, 2.05) is 42.8 Å². The van der Waals surface area contributed by atoms with Crippen molar-refractivity contribution < 1.29 is 0 Å². The molecule has 4 rings (SSSR count). The first kappa shape index (κ1) is 18.5. The molecule has 0 unspecified atom stereocenters. The molecule has 142 valence electrons. The molecule has 2 heterocycles. The molecule has 0 radical (unpaired) electrons. The quantitative estimate of drug-likeness (QED) is 0.372. The van der Waals surface area contributed by atoms with Crippen LogP contribution >= 0.6 is 11.8 Å². The second kappa shape index (κ2) is 7.64.